The standard InChI is InChI=1S/C14H20F2N2O/c1-10(2)18-8-7-12(9-18)17-11-3-5-13(6-4-11)19-14(15)16/h3-6,10,12,14,17H,7-9H2,1-2H3. The van der Waals surface area contributed by atoms with Crippen LogP contribution >= 0.6 is 0 Å². The summed E-state index contributed by atoms with van der Waals surface area (Å²) < 4.78 is 28.4. The number of hydrogen-bond acceptors (Lipinski definition) is 3. The summed E-state index contributed by atoms with van der Waals surface area (Å²) in [6.07, 6.45) is 1.10. The fraction of sp³-hybridized carbons (Fsp3) is 0.571. The number of nitrogens with zero attached hydrogens (tertiary/aromatic N) is 1. The molecule has 0 radical (unpaired) electrons. The van der Waals surface area contributed by atoms with Gasteiger partial charge in [0, 0.05) is 30.9 Å². The van der Waals surface area contributed by atoms with Crippen molar-refractivity contribution < 1.29 is 13.5 Å². The van der Waals surface area contributed by atoms with Gasteiger partial charge in [-0.05, 0) is 44.5 Å². The Morgan fingerprint density at radius 1 is 1.26 bits per heavy atom. The van der Waals surface area contributed by atoms with Gasteiger partial charge in [-0.15, -0.1) is 0 Å². The SMILES string of the molecule is CC(C)N1CCC(Nc2ccc(OC(F)F)cc2)C1. The zero-order valence-corrected chi connectivity index (χ0v) is 11.3. The van der Waals surface area contributed by atoms with Gasteiger partial charge in [0.2, 0.25) is 0 Å². The van der Waals surface area contributed by atoms with Crippen molar-refractivity contribution in [2.24, 2.45) is 0 Å². The molecule has 1 atom stereocenters. The van der Waals surface area contributed by atoms with E-state index in [9.17, 15) is 8.78 Å². The fourth-order valence-corrected chi connectivity index (χ4v) is 2.34. The van der Waals surface area contributed by atoms with Crippen LogP contribution in [0.1, 0.15) is 20.3 Å². The first-order valence-corrected chi connectivity index (χ1v) is 6.60. The summed E-state index contributed by atoms with van der Waals surface area (Å²) in [5.74, 6) is 0.191. The third-order valence-corrected chi connectivity index (χ3v) is 3.40. The molecule has 0 amide bonds. The third-order valence-electron chi connectivity index (χ3n) is 3.40. The average molecular weight is 270 g/mol. The van der Waals surface area contributed by atoms with E-state index in [1.807, 2.05) is 0 Å². The van der Waals surface area contributed by atoms with Crippen molar-refractivity contribution in [3.63, 3.8) is 0 Å². The van der Waals surface area contributed by atoms with Crippen molar-refractivity contribution in [1.29, 1.82) is 0 Å². The Hall–Kier alpha value is -1.36. The number of nitrogens with one attached hydrogen (secondary N) is 1. The van der Waals surface area contributed by atoms with Crippen LogP contribution in [0.2, 0.25) is 0 Å². The highest BCUT2D eigenvalue weighted by molar-refractivity contribution is 5.47. The molecule has 1 aliphatic heterocycles. The summed E-state index contributed by atoms with van der Waals surface area (Å²) in [5.41, 5.74) is 0.942. The minimum Gasteiger partial charge on any atom is -0.435 e. The monoisotopic (exact) mass is 270 g/mol. The molecule has 5 heteroatoms. The van der Waals surface area contributed by atoms with Crippen LogP contribution in [0.3, 0.4) is 0 Å². The predicted octanol–water partition coefficient (Wildman–Crippen LogP) is 3.18. The number of anilines is 1. The molecular weight excluding hydrogens is 250 g/mol. The molecule has 0 spiro atoms. The molecule has 0 aromatic heterocycles. The van der Waals surface area contributed by atoms with Crippen molar-refractivity contribution in [3.05, 3.63) is 24.3 Å². The van der Waals surface area contributed by atoms with Crippen molar-refractivity contribution in [1.82, 2.24) is 4.90 Å². The van der Waals surface area contributed by atoms with Gasteiger partial charge in [-0.25, -0.2) is 0 Å². The number of ether oxygens (including phenoxy) is 1. The van der Waals surface area contributed by atoms with Crippen molar-refractivity contribution in [2.75, 3.05) is 18.4 Å². The molecule has 1 fully saturated rings. The second-order valence-corrected chi connectivity index (χ2v) is 5.12. The number of alkyl halides is 2. The third kappa shape index (κ3) is 4.06. The van der Waals surface area contributed by atoms with Gasteiger partial charge in [-0.2, -0.15) is 8.78 Å². The topological polar surface area (TPSA) is 24.5 Å². The molecule has 1 unspecified atom stereocenters. The Morgan fingerprint density at radius 3 is 2.47 bits per heavy atom. The lowest BCUT2D eigenvalue weighted by molar-refractivity contribution is -0.0498. The van der Waals surface area contributed by atoms with Gasteiger partial charge >= 0.3 is 6.61 Å². The molecule has 1 aromatic carbocycles. The van der Waals surface area contributed by atoms with E-state index in [1.54, 1.807) is 24.3 Å². The first kappa shape index (κ1) is 14.1. The minimum absolute atomic E-state index is 0.191. The van der Waals surface area contributed by atoms with Gasteiger partial charge in [-0.1, -0.05) is 0 Å². The van der Waals surface area contributed by atoms with Gasteiger partial charge in [-0.3, -0.25) is 4.90 Å². The summed E-state index contributed by atoms with van der Waals surface area (Å²) in [6, 6.07) is 7.65. The van der Waals surface area contributed by atoms with Crippen LogP contribution in [-0.4, -0.2) is 36.7 Å². The lowest BCUT2D eigenvalue weighted by Crippen LogP contribution is -2.31. The number of hydrogen-bond donors (Lipinski definition) is 1. The maximum Gasteiger partial charge on any atom is 0.387 e. The van der Waals surface area contributed by atoms with Crippen LogP contribution in [0.15, 0.2) is 24.3 Å². The zero-order valence-electron chi connectivity index (χ0n) is 11.3. The first-order valence-electron chi connectivity index (χ1n) is 6.60. The summed E-state index contributed by atoms with van der Waals surface area (Å²) in [7, 11) is 0. The van der Waals surface area contributed by atoms with Crippen LogP contribution in [0.25, 0.3) is 0 Å². The molecule has 1 aliphatic rings. The Balaban J connectivity index is 1.86. The van der Waals surface area contributed by atoms with E-state index in [2.05, 4.69) is 28.8 Å². The Kier molecular flexibility index (Phi) is 4.58. The van der Waals surface area contributed by atoms with Crippen LogP contribution in [0.5, 0.6) is 5.75 Å². The Labute approximate surface area is 112 Å². The Morgan fingerprint density at radius 2 is 1.95 bits per heavy atom. The molecule has 19 heavy (non-hydrogen) atoms. The summed E-state index contributed by atoms with van der Waals surface area (Å²) in [4.78, 5) is 2.42. The van der Waals surface area contributed by atoms with Crippen LogP contribution in [0, 0.1) is 0 Å². The van der Waals surface area contributed by atoms with E-state index in [0.29, 0.717) is 12.1 Å². The Bertz CT molecular complexity index is 395. The fourth-order valence-electron chi connectivity index (χ4n) is 2.34. The molecule has 0 bridgehead atoms. The highest BCUT2D eigenvalue weighted by Gasteiger charge is 2.23. The lowest BCUT2D eigenvalue weighted by Gasteiger charge is -2.20. The smallest absolute Gasteiger partial charge is 0.387 e. The lowest BCUT2D eigenvalue weighted by atomic mass is 10.2. The quantitative estimate of drug-likeness (QED) is 0.889. The number of halogens is 2. The molecular formula is C14H20F2N2O. The molecule has 0 saturated carbocycles. The van der Waals surface area contributed by atoms with E-state index in [-0.39, 0.29) is 5.75 Å². The number of rotatable bonds is 5. The molecule has 1 heterocycles. The number of likely N-dealkylation sites (tertiary alicyclic amines) is 1. The second-order valence-electron chi connectivity index (χ2n) is 5.12. The summed E-state index contributed by atoms with van der Waals surface area (Å²) in [6.45, 7) is 3.74. The van der Waals surface area contributed by atoms with Crippen molar-refractivity contribution in [3.8, 4) is 5.75 Å². The van der Waals surface area contributed by atoms with Crippen LogP contribution in [-0.2, 0) is 0 Å². The average Bonchev–Trinajstić information content (AvgIpc) is 2.80. The maximum atomic E-state index is 12.0. The van der Waals surface area contributed by atoms with Gasteiger partial charge in [0.15, 0.2) is 0 Å². The van der Waals surface area contributed by atoms with E-state index in [1.165, 1.54) is 0 Å². The number of benzene rings is 1. The van der Waals surface area contributed by atoms with Crippen LogP contribution in [0.4, 0.5) is 14.5 Å². The van der Waals surface area contributed by atoms with Gasteiger partial charge in [0.25, 0.3) is 0 Å². The van der Waals surface area contributed by atoms with Crippen molar-refractivity contribution in [2.45, 2.75) is 39.0 Å². The van der Waals surface area contributed by atoms with Crippen LogP contribution < -0.4 is 10.1 Å². The van der Waals surface area contributed by atoms with Gasteiger partial charge in [0.05, 0.1) is 0 Å². The van der Waals surface area contributed by atoms with Crippen molar-refractivity contribution >= 4 is 5.69 Å². The van der Waals surface area contributed by atoms with Gasteiger partial charge < -0.3 is 10.1 Å². The predicted molar refractivity (Wildman–Crippen MR) is 71.8 cm³/mol. The van der Waals surface area contributed by atoms with Gasteiger partial charge in [0.1, 0.15) is 5.75 Å². The highest BCUT2D eigenvalue weighted by Crippen LogP contribution is 2.21. The van der Waals surface area contributed by atoms with E-state index in [0.717, 1.165) is 25.2 Å². The molecule has 1 aromatic rings. The minimum atomic E-state index is -2.77. The second kappa shape index (κ2) is 6.19. The zero-order chi connectivity index (χ0) is 13.8. The summed E-state index contributed by atoms with van der Waals surface area (Å²) in [5, 5.41) is 3.42. The molecule has 1 N–H and O–H groups in total. The molecule has 0 aliphatic carbocycles. The molecule has 106 valence electrons. The molecule has 2 rings (SSSR count). The first-order chi connectivity index (χ1) is 9.04. The normalized spacial score (nSPS) is 20.2. The largest absolute Gasteiger partial charge is 0.435 e. The summed E-state index contributed by atoms with van der Waals surface area (Å²) >= 11 is 0. The van der Waals surface area contributed by atoms with E-state index in [4.69, 9.17) is 0 Å². The van der Waals surface area contributed by atoms with E-state index >= 15 is 0 Å². The molecule has 3 nitrogen and oxygen atoms in total. The molecule has 1 saturated heterocycles. The maximum absolute atomic E-state index is 12.0. The highest BCUT2D eigenvalue weighted by atomic mass is 19.3. The van der Waals surface area contributed by atoms with E-state index < -0.39 is 6.61 Å².